The van der Waals surface area contributed by atoms with E-state index in [1.807, 2.05) is 44.2 Å². The minimum absolute atomic E-state index is 0.0126. The summed E-state index contributed by atoms with van der Waals surface area (Å²) in [6, 6.07) is 20.0. The van der Waals surface area contributed by atoms with Crippen molar-refractivity contribution in [2.75, 3.05) is 31.3 Å². The number of sulfonamides is 1. The number of hydrogen-bond donors (Lipinski definition) is 1. The number of methoxy groups -OCH3 is 2. The van der Waals surface area contributed by atoms with E-state index < -0.39 is 28.5 Å². The Bertz CT molecular complexity index is 1470. The van der Waals surface area contributed by atoms with Gasteiger partial charge in [0.2, 0.25) is 21.8 Å². The summed E-state index contributed by atoms with van der Waals surface area (Å²) >= 11 is 6.49. The molecule has 0 fully saturated rings. The van der Waals surface area contributed by atoms with Crippen LogP contribution in [-0.4, -0.2) is 64.2 Å². The number of nitrogens with zero attached hydrogens (tertiary/aromatic N) is 2. The molecule has 11 heteroatoms. The number of halogens is 1. The van der Waals surface area contributed by atoms with Crippen LogP contribution in [-0.2, 0) is 32.6 Å². The summed E-state index contributed by atoms with van der Waals surface area (Å²) in [5.74, 6) is -0.263. The molecule has 9 nitrogen and oxygen atoms in total. The summed E-state index contributed by atoms with van der Waals surface area (Å²) in [5.41, 5.74) is 1.63. The molecule has 0 aliphatic heterocycles. The van der Waals surface area contributed by atoms with Crippen molar-refractivity contribution in [3.63, 3.8) is 0 Å². The first-order chi connectivity index (χ1) is 20.0. The number of amides is 2. The first-order valence-electron chi connectivity index (χ1n) is 13.5. The first kappa shape index (κ1) is 32.8. The van der Waals surface area contributed by atoms with Crippen molar-refractivity contribution in [1.29, 1.82) is 0 Å². The Kier molecular flexibility index (Phi) is 11.6. The average Bonchev–Trinajstić information content (AvgIpc) is 2.97. The van der Waals surface area contributed by atoms with Gasteiger partial charge in [-0.15, -0.1) is 0 Å². The maximum absolute atomic E-state index is 14.2. The lowest BCUT2D eigenvalue weighted by molar-refractivity contribution is -0.140. The van der Waals surface area contributed by atoms with Crippen LogP contribution in [0, 0.1) is 0 Å². The third-order valence-corrected chi connectivity index (χ3v) is 8.40. The minimum atomic E-state index is -3.97. The minimum Gasteiger partial charge on any atom is -0.497 e. The fourth-order valence-electron chi connectivity index (χ4n) is 4.39. The Morgan fingerprint density at radius 2 is 1.64 bits per heavy atom. The second-order valence-corrected chi connectivity index (χ2v) is 12.3. The lowest BCUT2D eigenvalue weighted by atomic mass is 10.0. The molecule has 0 saturated heterocycles. The lowest BCUT2D eigenvalue weighted by Crippen LogP contribution is -2.54. The molecule has 3 rings (SSSR count). The van der Waals surface area contributed by atoms with Gasteiger partial charge in [-0.05, 0) is 42.7 Å². The highest BCUT2D eigenvalue weighted by molar-refractivity contribution is 7.92. The molecule has 3 aromatic carbocycles. The summed E-state index contributed by atoms with van der Waals surface area (Å²) in [6.07, 6.45) is 1.92. The zero-order valence-corrected chi connectivity index (χ0v) is 26.1. The van der Waals surface area contributed by atoms with E-state index >= 15 is 0 Å². The fraction of sp³-hybridized carbons (Fsp3) is 0.355. The summed E-state index contributed by atoms with van der Waals surface area (Å²) in [4.78, 5) is 29.4. The highest BCUT2D eigenvalue weighted by atomic mass is 35.5. The third-order valence-electron chi connectivity index (χ3n) is 6.91. The van der Waals surface area contributed by atoms with Gasteiger partial charge in [0.05, 0.1) is 26.2 Å². The molecule has 0 saturated carbocycles. The van der Waals surface area contributed by atoms with Gasteiger partial charge in [0.1, 0.15) is 24.1 Å². The van der Waals surface area contributed by atoms with Gasteiger partial charge < -0.3 is 19.7 Å². The number of rotatable bonds is 14. The average molecular weight is 616 g/mol. The van der Waals surface area contributed by atoms with Crippen LogP contribution in [0.25, 0.3) is 0 Å². The molecule has 0 aliphatic rings. The Morgan fingerprint density at radius 3 is 2.24 bits per heavy atom. The van der Waals surface area contributed by atoms with E-state index in [0.29, 0.717) is 22.8 Å². The predicted molar refractivity (Wildman–Crippen MR) is 166 cm³/mol. The molecular formula is C31H38ClN3O6S. The number of carbonyl (C=O) groups excluding carboxylic acids is 2. The van der Waals surface area contributed by atoms with Gasteiger partial charge in [-0.1, -0.05) is 67.1 Å². The molecule has 0 bridgehead atoms. The van der Waals surface area contributed by atoms with Crippen molar-refractivity contribution in [2.24, 2.45) is 0 Å². The SMILES string of the molecule is CC[C@H](C)NC(=O)[C@H](Cc1ccccc1)N(Cc1ccccc1Cl)C(=O)CN(c1ccc(OC)cc1OC)S(C)(=O)=O. The predicted octanol–water partition coefficient (Wildman–Crippen LogP) is 4.68. The summed E-state index contributed by atoms with van der Waals surface area (Å²) < 4.78 is 37.8. The van der Waals surface area contributed by atoms with E-state index in [0.717, 1.165) is 16.1 Å². The van der Waals surface area contributed by atoms with Crippen LogP contribution in [0.15, 0.2) is 72.8 Å². The summed E-state index contributed by atoms with van der Waals surface area (Å²) in [5, 5.41) is 3.42. The van der Waals surface area contributed by atoms with Crippen molar-refractivity contribution < 1.29 is 27.5 Å². The molecule has 226 valence electrons. The number of anilines is 1. The molecule has 0 spiro atoms. The van der Waals surface area contributed by atoms with Crippen LogP contribution in [0.5, 0.6) is 11.5 Å². The van der Waals surface area contributed by atoms with E-state index in [1.165, 1.54) is 31.3 Å². The molecule has 42 heavy (non-hydrogen) atoms. The van der Waals surface area contributed by atoms with E-state index in [9.17, 15) is 18.0 Å². The van der Waals surface area contributed by atoms with Crippen molar-refractivity contribution in [3.05, 3.63) is 88.9 Å². The highest BCUT2D eigenvalue weighted by Crippen LogP contribution is 2.34. The van der Waals surface area contributed by atoms with Gasteiger partial charge in [-0.3, -0.25) is 13.9 Å². The molecule has 1 N–H and O–H groups in total. The van der Waals surface area contributed by atoms with Crippen molar-refractivity contribution >= 4 is 39.1 Å². The molecular weight excluding hydrogens is 578 g/mol. The third kappa shape index (κ3) is 8.62. The molecule has 0 unspecified atom stereocenters. The Labute approximate surface area is 253 Å². The smallest absolute Gasteiger partial charge is 0.244 e. The number of hydrogen-bond acceptors (Lipinski definition) is 6. The summed E-state index contributed by atoms with van der Waals surface area (Å²) in [7, 11) is -1.08. The Balaban J connectivity index is 2.11. The quantitative estimate of drug-likeness (QED) is 0.282. The molecule has 0 aliphatic carbocycles. The lowest BCUT2D eigenvalue weighted by Gasteiger charge is -2.34. The zero-order chi connectivity index (χ0) is 30.9. The van der Waals surface area contributed by atoms with Gasteiger partial charge in [-0.25, -0.2) is 8.42 Å². The number of nitrogens with one attached hydrogen (secondary N) is 1. The van der Waals surface area contributed by atoms with Crippen LogP contribution < -0.4 is 19.1 Å². The van der Waals surface area contributed by atoms with Crippen LogP contribution in [0.4, 0.5) is 5.69 Å². The van der Waals surface area contributed by atoms with Gasteiger partial charge in [0.25, 0.3) is 0 Å². The van der Waals surface area contributed by atoms with E-state index in [-0.39, 0.29) is 36.4 Å². The number of ether oxygens (including phenoxy) is 2. The second-order valence-electron chi connectivity index (χ2n) is 9.94. The normalized spacial score (nSPS) is 12.6. The van der Waals surface area contributed by atoms with Gasteiger partial charge in [0, 0.05) is 30.1 Å². The Hall–Kier alpha value is -3.76. The zero-order valence-electron chi connectivity index (χ0n) is 24.5. The molecule has 3 aromatic rings. The van der Waals surface area contributed by atoms with E-state index in [2.05, 4.69) is 5.32 Å². The van der Waals surface area contributed by atoms with Crippen LogP contribution >= 0.6 is 11.6 Å². The molecule has 0 aromatic heterocycles. The molecule has 0 radical (unpaired) electrons. The monoisotopic (exact) mass is 615 g/mol. The Morgan fingerprint density at radius 1 is 0.976 bits per heavy atom. The van der Waals surface area contributed by atoms with Crippen molar-refractivity contribution in [3.8, 4) is 11.5 Å². The van der Waals surface area contributed by atoms with Crippen LogP contribution in [0.1, 0.15) is 31.4 Å². The number of benzene rings is 3. The molecule has 0 heterocycles. The fourth-order valence-corrected chi connectivity index (χ4v) is 5.44. The maximum Gasteiger partial charge on any atom is 0.244 e. The second kappa shape index (κ2) is 14.9. The topological polar surface area (TPSA) is 105 Å². The molecule has 2 amide bonds. The maximum atomic E-state index is 14.2. The first-order valence-corrected chi connectivity index (χ1v) is 15.8. The standard InChI is InChI=1S/C31H38ClN3O6S/c1-6-22(2)33-31(37)28(18-23-12-8-7-9-13-23)34(20-24-14-10-11-15-26(24)32)30(36)21-35(42(5,38)39)27-17-16-25(40-3)19-29(27)41-4/h7-17,19,22,28H,6,18,20-21H2,1-5H3,(H,33,37)/t22-,28-/m0/s1. The summed E-state index contributed by atoms with van der Waals surface area (Å²) in [6.45, 7) is 3.25. The van der Waals surface area contributed by atoms with E-state index in [1.54, 1.807) is 30.3 Å². The largest absolute Gasteiger partial charge is 0.497 e. The van der Waals surface area contributed by atoms with Crippen molar-refractivity contribution in [2.45, 2.75) is 45.3 Å². The van der Waals surface area contributed by atoms with Crippen LogP contribution in [0.2, 0.25) is 5.02 Å². The molecule has 2 atom stereocenters. The van der Waals surface area contributed by atoms with E-state index in [4.69, 9.17) is 21.1 Å². The number of carbonyl (C=O) groups is 2. The van der Waals surface area contributed by atoms with Crippen molar-refractivity contribution in [1.82, 2.24) is 10.2 Å². The van der Waals surface area contributed by atoms with Gasteiger partial charge in [0.15, 0.2) is 0 Å². The highest BCUT2D eigenvalue weighted by Gasteiger charge is 2.34. The van der Waals surface area contributed by atoms with Gasteiger partial charge in [-0.2, -0.15) is 0 Å². The van der Waals surface area contributed by atoms with Gasteiger partial charge >= 0.3 is 0 Å². The van der Waals surface area contributed by atoms with Crippen LogP contribution in [0.3, 0.4) is 0 Å².